The Bertz CT molecular complexity index is 551. The van der Waals surface area contributed by atoms with E-state index in [4.69, 9.17) is 5.53 Å². The van der Waals surface area contributed by atoms with Gasteiger partial charge < -0.3 is 9.30 Å². The molecule has 0 saturated heterocycles. The van der Waals surface area contributed by atoms with Gasteiger partial charge in [-0.15, -0.1) is 0 Å². The zero-order valence-electron chi connectivity index (χ0n) is 10.3. The van der Waals surface area contributed by atoms with E-state index in [9.17, 15) is 14.0 Å². The molecule has 0 aromatic carbocycles. The number of halogens is 1. The third kappa shape index (κ3) is 4.44. The van der Waals surface area contributed by atoms with Crippen LogP contribution in [-0.4, -0.2) is 30.4 Å². The first-order chi connectivity index (χ1) is 9.08. The Morgan fingerprint density at radius 3 is 3.00 bits per heavy atom. The van der Waals surface area contributed by atoms with Crippen molar-refractivity contribution in [1.29, 1.82) is 0 Å². The number of ether oxygens (including phenoxy) is 1. The number of rotatable bonds is 6. The Labute approximate surface area is 108 Å². The molecular weight excluding hydrogens is 255 g/mol. The van der Waals surface area contributed by atoms with Crippen LogP contribution in [0.3, 0.4) is 0 Å². The molecule has 0 bridgehead atoms. The average Bonchev–Trinajstić information content (AvgIpc) is 2.42. The Kier molecular flexibility index (Phi) is 5.56. The molecule has 1 atom stereocenters. The summed E-state index contributed by atoms with van der Waals surface area (Å²) >= 11 is 0. The summed E-state index contributed by atoms with van der Waals surface area (Å²) in [6.07, 6.45) is 0.147. The van der Waals surface area contributed by atoms with Crippen LogP contribution in [0.1, 0.15) is 16.8 Å². The van der Waals surface area contributed by atoms with E-state index < -0.39 is 17.7 Å². The van der Waals surface area contributed by atoms with Gasteiger partial charge in [-0.2, -0.15) is 0 Å². The maximum absolute atomic E-state index is 13.2. The fourth-order valence-electron chi connectivity index (χ4n) is 1.43. The summed E-state index contributed by atoms with van der Waals surface area (Å²) < 4.78 is 19.0. The fourth-order valence-corrected chi connectivity index (χ4v) is 1.43. The maximum Gasteiger partial charge on any atom is 0.338 e. The first-order valence-corrected chi connectivity index (χ1v) is 5.52. The number of nitrogens with zero attached hydrogens (tertiary/aromatic N) is 4. The van der Waals surface area contributed by atoms with Crippen LogP contribution in [0, 0.1) is 0 Å². The SMILES string of the molecule is COC(=O)c1ccn(CCC(F)CN=[N+]=[N-])c(=O)c1. The predicted molar refractivity (Wildman–Crippen MR) is 65.6 cm³/mol. The molecule has 0 aliphatic carbocycles. The highest BCUT2D eigenvalue weighted by atomic mass is 19.1. The van der Waals surface area contributed by atoms with Gasteiger partial charge in [-0.3, -0.25) is 4.79 Å². The van der Waals surface area contributed by atoms with E-state index in [1.54, 1.807) is 0 Å². The van der Waals surface area contributed by atoms with E-state index in [1.165, 1.54) is 23.9 Å². The average molecular weight is 268 g/mol. The Balaban J connectivity index is 2.68. The minimum Gasteiger partial charge on any atom is -0.465 e. The molecule has 1 aromatic heterocycles. The Morgan fingerprint density at radius 2 is 2.42 bits per heavy atom. The van der Waals surface area contributed by atoms with Crippen LogP contribution in [0.15, 0.2) is 28.2 Å². The van der Waals surface area contributed by atoms with E-state index in [1.807, 2.05) is 0 Å². The largest absolute Gasteiger partial charge is 0.465 e. The summed E-state index contributed by atoms with van der Waals surface area (Å²) in [5.74, 6) is -0.601. The van der Waals surface area contributed by atoms with Gasteiger partial charge in [-0.1, -0.05) is 5.11 Å². The number of carbonyl (C=O) groups excluding carboxylic acids is 1. The highest BCUT2D eigenvalue weighted by molar-refractivity contribution is 5.88. The Morgan fingerprint density at radius 1 is 1.68 bits per heavy atom. The van der Waals surface area contributed by atoms with Crippen molar-refractivity contribution in [2.24, 2.45) is 5.11 Å². The number of pyridine rings is 1. The molecule has 0 saturated carbocycles. The number of azide groups is 1. The van der Waals surface area contributed by atoms with Crippen LogP contribution in [0.5, 0.6) is 0 Å². The van der Waals surface area contributed by atoms with Crippen LogP contribution in [0.25, 0.3) is 10.4 Å². The van der Waals surface area contributed by atoms with Crippen molar-refractivity contribution in [1.82, 2.24) is 4.57 Å². The zero-order valence-corrected chi connectivity index (χ0v) is 10.3. The van der Waals surface area contributed by atoms with E-state index in [2.05, 4.69) is 14.8 Å². The van der Waals surface area contributed by atoms with Gasteiger partial charge in [-0.05, 0) is 18.0 Å². The fraction of sp³-hybridized carbons (Fsp3) is 0.455. The molecule has 0 spiro atoms. The molecule has 0 aliphatic rings. The minimum atomic E-state index is -1.30. The monoisotopic (exact) mass is 268 g/mol. The second-order valence-corrected chi connectivity index (χ2v) is 3.74. The van der Waals surface area contributed by atoms with Crippen LogP contribution < -0.4 is 5.56 Å². The second-order valence-electron chi connectivity index (χ2n) is 3.74. The van der Waals surface area contributed by atoms with Crippen molar-refractivity contribution in [2.45, 2.75) is 19.1 Å². The Hall–Kier alpha value is -2.34. The van der Waals surface area contributed by atoms with Gasteiger partial charge >= 0.3 is 5.97 Å². The zero-order chi connectivity index (χ0) is 14.3. The highest BCUT2D eigenvalue weighted by Crippen LogP contribution is 2.02. The topological polar surface area (TPSA) is 97.1 Å². The lowest BCUT2D eigenvalue weighted by molar-refractivity contribution is 0.0600. The number of carbonyl (C=O) groups is 1. The van der Waals surface area contributed by atoms with Crippen molar-refractivity contribution in [2.75, 3.05) is 13.7 Å². The van der Waals surface area contributed by atoms with Crippen LogP contribution in [0.4, 0.5) is 4.39 Å². The minimum absolute atomic E-state index is 0.0521. The van der Waals surface area contributed by atoms with Gasteiger partial charge in [0, 0.05) is 23.7 Å². The number of esters is 1. The van der Waals surface area contributed by atoms with Crippen molar-refractivity contribution < 1.29 is 13.9 Å². The second kappa shape index (κ2) is 7.17. The number of methoxy groups -OCH3 is 1. The van der Waals surface area contributed by atoms with Gasteiger partial charge in [0.1, 0.15) is 6.17 Å². The molecule has 1 aromatic rings. The number of alkyl halides is 1. The first kappa shape index (κ1) is 14.7. The molecule has 0 amide bonds. The van der Waals surface area contributed by atoms with E-state index in [0.29, 0.717) is 0 Å². The van der Waals surface area contributed by atoms with E-state index in [0.717, 1.165) is 6.07 Å². The van der Waals surface area contributed by atoms with Gasteiger partial charge in [0.15, 0.2) is 0 Å². The summed E-state index contributed by atoms with van der Waals surface area (Å²) in [4.78, 5) is 25.3. The van der Waals surface area contributed by atoms with E-state index in [-0.39, 0.29) is 25.1 Å². The van der Waals surface area contributed by atoms with Crippen molar-refractivity contribution in [3.05, 3.63) is 44.7 Å². The summed E-state index contributed by atoms with van der Waals surface area (Å²) in [5, 5.41) is 3.11. The molecule has 1 rings (SSSR count). The third-order valence-electron chi connectivity index (χ3n) is 2.44. The van der Waals surface area contributed by atoms with Gasteiger partial charge in [0.2, 0.25) is 0 Å². The first-order valence-electron chi connectivity index (χ1n) is 5.52. The predicted octanol–water partition coefficient (Wildman–Crippen LogP) is 1.67. The number of hydrogen-bond donors (Lipinski definition) is 0. The van der Waals surface area contributed by atoms with Crippen LogP contribution >= 0.6 is 0 Å². The summed E-state index contributed by atoms with van der Waals surface area (Å²) in [5.41, 5.74) is 7.77. The summed E-state index contributed by atoms with van der Waals surface area (Å²) in [6, 6.07) is 2.56. The lowest BCUT2D eigenvalue weighted by Crippen LogP contribution is -2.22. The molecule has 0 radical (unpaired) electrons. The quantitative estimate of drug-likeness (QED) is 0.339. The molecule has 0 aliphatic heterocycles. The number of aromatic nitrogens is 1. The summed E-state index contributed by atoms with van der Waals surface area (Å²) in [7, 11) is 1.22. The molecule has 1 heterocycles. The lowest BCUT2D eigenvalue weighted by Gasteiger charge is -2.08. The molecule has 0 N–H and O–H groups in total. The number of aryl methyl sites for hydroxylation is 1. The normalized spacial score (nSPS) is 11.5. The van der Waals surface area contributed by atoms with Crippen molar-refractivity contribution in [3.8, 4) is 0 Å². The molecule has 1 unspecified atom stereocenters. The molecule has 8 heteroatoms. The van der Waals surface area contributed by atoms with Crippen molar-refractivity contribution >= 4 is 5.97 Å². The molecule has 7 nitrogen and oxygen atoms in total. The highest BCUT2D eigenvalue weighted by Gasteiger charge is 2.09. The maximum atomic E-state index is 13.2. The van der Waals surface area contributed by atoms with Crippen LogP contribution in [-0.2, 0) is 11.3 Å². The molecule has 102 valence electrons. The van der Waals surface area contributed by atoms with Gasteiger partial charge in [-0.25, -0.2) is 9.18 Å². The third-order valence-corrected chi connectivity index (χ3v) is 2.44. The van der Waals surface area contributed by atoms with Crippen LogP contribution in [0.2, 0.25) is 0 Å². The summed E-state index contributed by atoms with van der Waals surface area (Å²) in [6.45, 7) is -0.117. The number of hydrogen-bond acceptors (Lipinski definition) is 4. The van der Waals surface area contributed by atoms with E-state index >= 15 is 0 Å². The lowest BCUT2D eigenvalue weighted by atomic mass is 10.2. The van der Waals surface area contributed by atoms with Gasteiger partial charge in [0.25, 0.3) is 5.56 Å². The molecule has 19 heavy (non-hydrogen) atoms. The van der Waals surface area contributed by atoms with Gasteiger partial charge in [0.05, 0.1) is 19.2 Å². The molecule has 0 fully saturated rings. The molecular formula is C11H13FN4O3. The standard InChI is InChI=1S/C11H13FN4O3/c1-19-11(18)8-2-4-16(10(17)6-8)5-3-9(12)7-14-15-13/h2,4,6,9H,3,5,7H2,1H3. The van der Waals surface area contributed by atoms with Crippen molar-refractivity contribution in [3.63, 3.8) is 0 Å². The smallest absolute Gasteiger partial charge is 0.338 e.